The largest absolute Gasteiger partial charge is 0.503 e. The topological polar surface area (TPSA) is 44.7 Å². The van der Waals surface area contributed by atoms with Gasteiger partial charge in [0.2, 0.25) is 0 Å². The summed E-state index contributed by atoms with van der Waals surface area (Å²) in [5.74, 6) is 1.33. The molecule has 1 aromatic rings. The van der Waals surface area contributed by atoms with Gasteiger partial charge in [0.25, 0.3) is 0 Å². The third-order valence-corrected chi connectivity index (χ3v) is 6.52. The molecule has 0 radical (unpaired) electrons. The van der Waals surface area contributed by atoms with Crippen molar-refractivity contribution in [3.8, 4) is 11.5 Å². The fourth-order valence-corrected chi connectivity index (χ4v) is 4.02. The van der Waals surface area contributed by atoms with Gasteiger partial charge in [0, 0.05) is 36.7 Å². The molecule has 0 amide bonds. The molecule has 0 spiro atoms. The van der Waals surface area contributed by atoms with Gasteiger partial charge in [-0.3, -0.25) is 4.90 Å². The van der Waals surface area contributed by atoms with E-state index in [-0.39, 0.29) is 5.75 Å². The molecule has 1 fully saturated rings. The van der Waals surface area contributed by atoms with Crippen LogP contribution in [0.25, 0.3) is 0 Å². The minimum absolute atomic E-state index is 0.144. The first-order chi connectivity index (χ1) is 11.0. The van der Waals surface area contributed by atoms with E-state index in [0.29, 0.717) is 22.2 Å². The maximum atomic E-state index is 10.2. The molecule has 0 bridgehead atoms. The molecule has 1 saturated heterocycles. The number of rotatable bonds is 6. The van der Waals surface area contributed by atoms with Gasteiger partial charge in [0.1, 0.15) is 0 Å². The summed E-state index contributed by atoms with van der Waals surface area (Å²) >= 11 is 7.15. The quantitative estimate of drug-likeness (QED) is 0.679. The lowest BCUT2D eigenvalue weighted by molar-refractivity contribution is 0.159. The fourth-order valence-electron chi connectivity index (χ4n) is 3.03. The Labute approximate surface area is 155 Å². The normalized spacial score (nSPS) is 17.5. The Morgan fingerprint density at radius 3 is 2.43 bits per heavy atom. The summed E-state index contributed by atoms with van der Waals surface area (Å²) < 4.78 is 6.94. The van der Waals surface area contributed by atoms with E-state index in [1.807, 2.05) is 6.07 Å². The number of halogens is 2. The zero-order chi connectivity index (χ0) is 17.0. The second kappa shape index (κ2) is 8.70. The van der Waals surface area contributed by atoms with Crippen molar-refractivity contribution in [3.05, 3.63) is 20.6 Å². The second-order valence-corrected chi connectivity index (χ2v) is 8.00. The van der Waals surface area contributed by atoms with Crippen molar-refractivity contribution in [2.24, 2.45) is 5.92 Å². The summed E-state index contributed by atoms with van der Waals surface area (Å²) in [6, 6.07) is 2.29. The van der Waals surface area contributed by atoms with Gasteiger partial charge in [-0.05, 0) is 62.2 Å². The molecule has 0 aliphatic carbocycles. The zero-order valence-corrected chi connectivity index (χ0v) is 17.2. The van der Waals surface area contributed by atoms with Gasteiger partial charge in [-0.2, -0.15) is 0 Å². The van der Waals surface area contributed by atoms with E-state index in [2.05, 4.69) is 55.9 Å². The number of benzene rings is 1. The average molecular weight is 450 g/mol. The van der Waals surface area contributed by atoms with E-state index in [4.69, 9.17) is 4.74 Å². The molecule has 23 heavy (non-hydrogen) atoms. The first-order valence-corrected chi connectivity index (χ1v) is 9.73. The monoisotopic (exact) mass is 448 g/mol. The van der Waals surface area contributed by atoms with Crippen LogP contribution >= 0.6 is 31.9 Å². The number of methoxy groups -OCH3 is 1. The minimum atomic E-state index is 0.144. The molecule has 1 atom stereocenters. The van der Waals surface area contributed by atoms with E-state index in [1.165, 1.54) is 12.0 Å². The van der Waals surface area contributed by atoms with E-state index < -0.39 is 0 Å². The third-order valence-electron chi connectivity index (χ3n) is 4.36. The summed E-state index contributed by atoms with van der Waals surface area (Å²) in [7, 11) is 1.59. The molecule has 1 heterocycles. The minimum Gasteiger partial charge on any atom is -0.503 e. The molecular weight excluding hydrogens is 424 g/mol. The van der Waals surface area contributed by atoms with Crippen LogP contribution in [-0.2, 0) is 0 Å². The van der Waals surface area contributed by atoms with Gasteiger partial charge >= 0.3 is 0 Å². The summed E-state index contributed by atoms with van der Waals surface area (Å²) in [4.78, 5) is 2.53. The van der Waals surface area contributed by atoms with Crippen LogP contribution in [0.15, 0.2) is 15.0 Å². The van der Waals surface area contributed by atoms with Gasteiger partial charge < -0.3 is 15.2 Å². The highest BCUT2D eigenvalue weighted by Crippen LogP contribution is 2.45. The van der Waals surface area contributed by atoms with E-state index in [9.17, 15) is 5.11 Å². The number of ether oxygens (including phenoxy) is 1. The lowest BCUT2D eigenvalue weighted by atomic mass is 9.95. The Balaban J connectivity index is 2.38. The molecule has 2 N–H and O–H groups in total. The van der Waals surface area contributed by atoms with Crippen molar-refractivity contribution >= 4 is 31.9 Å². The first-order valence-electron chi connectivity index (χ1n) is 8.15. The van der Waals surface area contributed by atoms with E-state index in [1.54, 1.807) is 7.11 Å². The lowest BCUT2D eigenvalue weighted by Gasteiger charge is -2.36. The van der Waals surface area contributed by atoms with Crippen molar-refractivity contribution in [2.45, 2.75) is 32.7 Å². The van der Waals surface area contributed by atoms with Crippen molar-refractivity contribution in [3.63, 3.8) is 0 Å². The Hall–Kier alpha value is -0.300. The van der Waals surface area contributed by atoms with Crippen LogP contribution in [0.1, 0.15) is 38.3 Å². The molecule has 6 heteroatoms. The number of hydrogen-bond donors (Lipinski definition) is 2. The highest BCUT2D eigenvalue weighted by Gasteiger charge is 2.27. The number of hydrogen-bond acceptors (Lipinski definition) is 4. The van der Waals surface area contributed by atoms with Crippen molar-refractivity contribution in [1.82, 2.24) is 10.2 Å². The molecule has 0 aromatic heterocycles. The molecule has 0 saturated carbocycles. The second-order valence-electron chi connectivity index (χ2n) is 6.42. The standard InChI is InChI=1S/C17H26Br2N2O2/c1-11(2)4-5-13(21-8-6-20-7-9-21)12-10-14(23-3)17(22)16(19)15(12)18/h10-11,13,20,22H,4-9H2,1-3H3/t13-/m1/s1. The molecule has 0 unspecified atom stereocenters. The summed E-state index contributed by atoms with van der Waals surface area (Å²) in [5, 5.41) is 13.6. The molecule has 1 aliphatic heterocycles. The maximum Gasteiger partial charge on any atom is 0.173 e. The molecule has 2 rings (SSSR count). The van der Waals surface area contributed by atoms with Gasteiger partial charge in [0.05, 0.1) is 11.6 Å². The van der Waals surface area contributed by atoms with E-state index in [0.717, 1.165) is 37.1 Å². The van der Waals surface area contributed by atoms with Crippen LogP contribution in [0.2, 0.25) is 0 Å². The molecule has 1 aliphatic rings. The first kappa shape index (κ1) is 19.0. The number of phenols is 1. The Morgan fingerprint density at radius 1 is 1.22 bits per heavy atom. The molecule has 130 valence electrons. The van der Waals surface area contributed by atoms with Crippen LogP contribution in [0.5, 0.6) is 11.5 Å². The number of phenolic OH excluding ortho intramolecular Hbond substituents is 1. The number of piperazine rings is 1. The SMILES string of the molecule is COc1cc([C@@H](CCC(C)C)N2CCNCC2)c(Br)c(Br)c1O. The zero-order valence-electron chi connectivity index (χ0n) is 14.0. The van der Waals surface area contributed by atoms with Crippen LogP contribution in [0.3, 0.4) is 0 Å². The number of aromatic hydroxyl groups is 1. The predicted molar refractivity (Wildman–Crippen MR) is 101 cm³/mol. The highest BCUT2D eigenvalue weighted by molar-refractivity contribution is 9.13. The Bertz CT molecular complexity index is 532. The Morgan fingerprint density at radius 2 is 1.87 bits per heavy atom. The fraction of sp³-hybridized carbons (Fsp3) is 0.647. The third kappa shape index (κ3) is 4.62. The van der Waals surface area contributed by atoms with Gasteiger partial charge in [-0.25, -0.2) is 0 Å². The predicted octanol–water partition coefficient (Wildman–Crippen LogP) is 4.31. The molecule has 1 aromatic carbocycles. The van der Waals surface area contributed by atoms with Crippen LogP contribution in [0, 0.1) is 5.92 Å². The van der Waals surface area contributed by atoms with Crippen LogP contribution in [-0.4, -0.2) is 43.3 Å². The molecular formula is C17H26Br2N2O2. The number of nitrogens with one attached hydrogen (secondary N) is 1. The van der Waals surface area contributed by atoms with Crippen LogP contribution < -0.4 is 10.1 Å². The molecule has 4 nitrogen and oxygen atoms in total. The Kier molecular flexibility index (Phi) is 7.19. The van der Waals surface area contributed by atoms with Crippen LogP contribution in [0.4, 0.5) is 0 Å². The van der Waals surface area contributed by atoms with Gasteiger partial charge in [0.15, 0.2) is 11.5 Å². The van der Waals surface area contributed by atoms with E-state index >= 15 is 0 Å². The summed E-state index contributed by atoms with van der Waals surface area (Å²) in [5.41, 5.74) is 1.18. The summed E-state index contributed by atoms with van der Waals surface area (Å²) in [6.45, 7) is 8.64. The van der Waals surface area contributed by atoms with Crippen molar-refractivity contribution < 1.29 is 9.84 Å². The maximum absolute atomic E-state index is 10.2. The number of nitrogens with zero attached hydrogens (tertiary/aromatic N) is 1. The van der Waals surface area contributed by atoms with Gasteiger partial charge in [-0.15, -0.1) is 0 Å². The van der Waals surface area contributed by atoms with Gasteiger partial charge in [-0.1, -0.05) is 13.8 Å². The smallest absolute Gasteiger partial charge is 0.173 e. The van der Waals surface area contributed by atoms with Crippen molar-refractivity contribution in [1.29, 1.82) is 0 Å². The summed E-state index contributed by atoms with van der Waals surface area (Å²) in [6.07, 6.45) is 2.26. The highest BCUT2D eigenvalue weighted by atomic mass is 79.9. The lowest BCUT2D eigenvalue weighted by Crippen LogP contribution is -2.45. The van der Waals surface area contributed by atoms with Crippen molar-refractivity contribution in [2.75, 3.05) is 33.3 Å². The average Bonchev–Trinajstić information content (AvgIpc) is 2.55.